The third kappa shape index (κ3) is 3.74. The largest absolute Gasteiger partial charge is 0.426 e. The van der Waals surface area contributed by atoms with E-state index in [1.54, 1.807) is 17.0 Å². The first-order valence-corrected chi connectivity index (χ1v) is 13.2. The van der Waals surface area contributed by atoms with Crippen LogP contribution in [0.4, 0.5) is 32.0 Å². The molecule has 1 aliphatic heterocycles. The minimum atomic E-state index is -5.16. The van der Waals surface area contributed by atoms with Gasteiger partial charge in [-0.2, -0.15) is 13.2 Å². The summed E-state index contributed by atoms with van der Waals surface area (Å²) in [4.78, 5) is 1.53. The molecule has 10 heteroatoms. The molecule has 196 valence electrons. The molecule has 0 radical (unpaired) electrons. The molecular formula is C27H23F6NO2S. The summed E-state index contributed by atoms with van der Waals surface area (Å²) in [5.41, 5.74) is -3.47. The zero-order valence-corrected chi connectivity index (χ0v) is 20.5. The monoisotopic (exact) mass is 539 g/mol. The Labute approximate surface area is 210 Å². The molecule has 1 unspecified atom stereocenters. The number of hydrogen-bond acceptors (Lipinski definition) is 3. The van der Waals surface area contributed by atoms with E-state index in [-0.39, 0.29) is 42.0 Å². The van der Waals surface area contributed by atoms with Crippen LogP contribution in [0.1, 0.15) is 36.5 Å². The molecular weight excluding hydrogens is 516 g/mol. The molecule has 1 aliphatic carbocycles. The van der Waals surface area contributed by atoms with Crippen molar-refractivity contribution >= 4 is 15.5 Å². The molecule has 0 bridgehead atoms. The number of nitrogens with zero attached hydrogens (tertiary/aromatic N) is 1. The normalized spacial score (nSPS) is 23.3. The van der Waals surface area contributed by atoms with E-state index in [2.05, 4.69) is 0 Å². The van der Waals surface area contributed by atoms with Crippen molar-refractivity contribution in [2.24, 2.45) is 0 Å². The number of anilines is 1. The second kappa shape index (κ2) is 8.51. The standard InChI is InChI=1S/C27H23F6NO2S/c1-25(30,27(31,32)33)18-7-12-21-17(16-18)6-13-24-26(21,37(35,36)20-10-8-19(28)9-11-20)14-15-34(24)23-5-3-2-4-22(23)29/h2-5,7-12,16,24H,6,13-15H2,1H3/t24-,25?,26-/m1/s1. The maximum absolute atomic E-state index is 14.8. The molecule has 2 aliphatic rings. The van der Waals surface area contributed by atoms with Gasteiger partial charge in [-0.25, -0.2) is 21.6 Å². The van der Waals surface area contributed by atoms with E-state index < -0.39 is 49.7 Å². The van der Waals surface area contributed by atoms with Gasteiger partial charge in [0.25, 0.3) is 0 Å². The van der Waals surface area contributed by atoms with Crippen LogP contribution in [0.2, 0.25) is 0 Å². The second-order valence-corrected chi connectivity index (χ2v) is 11.9. The van der Waals surface area contributed by atoms with Crippen LogP contribution in [0, 0.1) is 11.6 Å². The lowest BCUT2D eigenvalue weighted by Crippen LogP contribution is -2.51. The van der Waals surface area contributed by atoms with Crippen molar-refractivity contribution in [3.8, 4) is 0 Å². The molecule has 3 aromatic rings. The molecule has 3 aromatic carbocycles. The summed E-state index contributed by atoms with van der Waals surface area (Å²) in [6, 6.07) is 12.9. The van der Waals surface area contributed by atoms with E-state index in [1.165, 1.54) is 18.2 Å². The third-order valence-corrected chi connectivity index (χ3v) is 10.3. The lowest BCUT2D eigenvalue weighted by atomic mass is 9.77. The third-order valence-electron chi connectivity index (χ3n) is 7.73. The number of para-hydroxylation sites is 1. The van der Waals surface area contributed by atoms with Crippen molar-refractivity contribution < 1.29 is 34.8 Å². The highest BCUT2D eigenvalue weighted by Crippen LogP contribution is 2.54. The Morgan fingerprint density at radius 3 is 2.27 bits per heavy atom. The second-order valence-electron chi connectivity index (χ2n) is 9.67. The zero-order chi connectivity index (χ0) is 26.8. The van der Waals surface area contributed by atoms with Crippen LogP contribution < -0.4 is 4.90 Å². The highest BCUT2D eigenvalue weighted by Gasteiger charge is 2.61. The van der Waals surface area contributed by atoms with Crippen LogP contribution in [0.25, 0.3) is 0 Å². The summed E-state index contributed by atoms with van der Waals surface area (Å²) < 4.78 is 110. The number of fused-ring (bicyclic) bond motifs is 3. The van der Waals surface area contributed by atoms with E-state index in [1.807, 2.05) is 0 Å². The molecule has 0 aromatic heterocycles. The minimum absolute atomic E-state index is 0.0181. The highest BCUT2D eigenvalue weighted by atomic mass is 32.2. The summed E-state index contributed by atoms with van der Waals surface area (Å²) in [7, 11) is -4.27. The van der Waals surface area contributed by atoms with Crippen molar-refractivity contribution in [1.82, 2.24) is 0 Å². The maximum Gasteiger partial charge on any atom is 0.426 e. The molecule has 3 nitrogen and oxygen atoms in total. The molecule has 1 fully saturated rings. The maximum atomic E-state index is 14.8. The molecule has 5 rings (SSSR count). The molecule has 0 spiro atoms. The number of rotatable bonds is 4. The molecule has 37 heavy (non-hydrogen) atoms. The predicted octanol–water partition coefficient (Wildman–Crippen LogP) is 6.61. The Morgan fingerprint density at radius 1 is 0.946 bits per heavy atom. The van der Waals surface area contributed by atoms with Gasteiger partial charge < -0.3 is 4.90 Å². The minimum Gasteiger partial charge on any atom is -0.364 e. The van der Waals surface area contributed by atoms with Gasteiger partial charge >= 0.3 is 6.18 Å². The Bertz CT molecular complexity index is 1450. The number of benzene rings is 3. The Morgan fingerprint density at radius 2 is 1.62 bits per heavy atom. The first kappa shape index (κ1) is 25.6. The van der Waals surface area contributed by atoms with Crippen LogP contribution >= 0.6 is 0 Å². The van der Waals surface area contributed by atoms with Gasteiger partial charge in [-0.05, 0) is 79.3 Å². The van der Waals surface area contributed by atoms with Crippen molar-refractivity contribution in [2.45, 2.75) is 53.7 Å². The van der Waals surface area contributed by atoms with Gasteiger partial charge in [-0.1, -0.05) is 30.3 Å². The van der Waals surface area contributed by atoms with Crippen molar-refractivity contribution in [3.05, 3.63) is 95.1 Å². The first-order valence-electron chi connectivity index (χ1n) is 11.7. The van der Waals surface area contributed by atoms with E-state index in [0.717, 1.165) is 36.4 Å². The molecule has 1 saturated heterocycles. The first-order chi connectivity index (χ1) is 17.3. The molecule has 3 atom stereocenters. The summed E-state index contributed by atoms with van der Waals surface area (Å²) in [6.07, 6.45) is -4.79. The quantitative estimate of drug-likeness (QED) is 0.277. The van der Waals surface area contributed by atoms with Gasteiger partial charge in [-0.3, -0.25) is 0 Å². The number of halogens is 6. The average molecular weight is 540 g/mol. The van der Waals surface area contributed by atoms with Crippen molar-refractivity contribution in [3.63, 3.8) is 0 Å². The van der Waals surface area contributed by atoms with Gasteiger partial charge in [0.1, 0.15) is 16.4 Å². The average Bonchev–Trinajstić information content (AvgIpc) is 3.25. The van der Waals surface area contributed by atoms with Gasteiger partial charge in [0.2, 0.25) is 5.67 Å². The fourth-order valence-electron chi connectivity index (χ4n) is 5.78. The summed E-state index contributed by atoms with van der Waals surface area (Å²) >= 11 is 0. The Balaban J connectivity index is 1.72. The van der Waals surface area contributed by atoms with Gasteiger partial charge in [0, 0.05) is 6.54 Å². The summed E-state index contributed by atoms with van der Waals surface area (Å²) in [5, 5.41) is 0. The fourth-order valence-corrected chi connectivity index (χ4v) is 8.15. The molecule has 0 N–H and O–H groups in total. The van der Waals surface area contributed by atoms with E-state index in [9.17, 15) is 34.8 Å². The summed E-state index contributed by atoms with van der Waals surface area (Å²) in [5.74, 6) is -1.16. The van der Waals surface area contributed by atoms with Crippen molar-refractivity contribution in [2.75, 3.05) is 11.4 Å². The number of sulfone groups is 1. The molecule has 0 amide bonds. The van der Waals surface area contributed by atoms with Gasteiger partial charge in [-0.15, -0.1) is 0 Å². The SMILES string of the molecule is CC(F)(c1ccc2c(c1)CC[C@H]1N(c3ccccc3F)CC[C@@]21S(=O)(=O)c1ccc(F)cc1)C(F)(F)F. The molecule has 1 heterocycles. The van der Waals surface area contributed by atoms with E-state index in [4.69, 9.17) is 0 Å². The zero-order valence-electron chi connectivity index (χ0n) is 19.7. The van der Waals surface area contributed by atoms with Gasteiger partial charge in [0.05, 0.1) is 16.6 Å². The number of hydrogen-bond donors (Lipinski definition) is 0. The summed E-state index contributed by atoms with van der Waals surface area (Å²) in [6.45, 7) is 0.595. The smallest absolute Gasteiger partial charge is 0.364 e. The van der Waals surface area contributed by atoms with E-state index in [0.29, 0.717) is 12.5 Å². The van der Waals surface area contributed by atoms with Crippen LogP contribution in [-0.4, -0.2) is 27.2 Å². The lowest BCUT2D eigenvalue weighted by molar-refractivity contribution is -0.228. The van der Waals surface area contributed by atoms with E-state index >= 15 is 0 Å². The topological polar surface area (TPSA) is 37.4 Å². The number of aryl methyl sites for hydroxylation is 1. The number of alkyl halides is 4. The van der Waals surface area contributed by atoms with Crippen molar-refractivity contribution in [1.29, 1.82) is 0 Å². The fraction of sp³-hybridized carbons (Fsp3) is 0.333. The lowest BCUT2D eigenvalue weighted by Gasteiger charge is -2.43. The van der Waals surface area contributed by atoms with Gasteiger partial charge in [0.15, 0.2) is 9.84 Å². The Hall–Kier alpha value is -3.01. The Kier molecular flexibility index (Phi) is 5.89. The van der Waals surface area contributed by atoms with Crippen LogP contribution in [0.15, 0.2) is 71.6 Å². The predicted molar refractivity (Wildman–Crippen MR) is 127 cm³/mol. The van der Waals surface area contributed by atoms with Crippen LogP contribution in [-0.2, 0) is 26.7 Å². The highest BCUT2D eigenvalue weighted by molar-refractivity contribution is 7.92. The van der Waals surface area contributed by atoms with Crippen LogP contribution in [0.5, 0.6) is 0 Å². The molecule has 0 saturated carbocycles. The van der Waals surface area contributed by atoms with Crippen LogP contribution in [0.3, 0.4) is 0 Å².